The molecule has 22 heavy (non-hydrogen) atoms. The molecular formula is C17H17FN2O2. The van der Waals surface area contributed by atoms with Gasteiger partial charge in [-0.25, -0.2) is 4.39 Å². The SMILES string of the molecule is CN(CC(O)COc1ccc(C#N)cc1)c1ccccc1F. The van der Waals surface area contributed by atoms with E-state index in [9.17, 15) is 9.50 Å². The number of anilines is 1. The fraction of sp³-hybridized carbons (Fsp3) is 0.235. The second-order valence-electron chi connectivity index (χ2n) is 4.93. The first-order chi connectivity index (χ1) is 10.6. The Balaban J connectivity index is 1.86. The summed E-state index contributed by atoms with van der Waals surface area (Å²) in [4.78, 5) is 1.64. The van der Waals surface area contributed by atoms with Crippen molar-refractivity contribution in [3.05, 3.63) is 59.9 Å². The monoisotopic (exact) mass is 300 g/mol. The van der Waals surface area contributed by atoms with E-state index in [-0.39, 0.29) is 19.0 Å². The lowest BCUT2D eigenvalue weighted by Crippen LogP contribution is -2.33. The number of rotatable bonds is 6. The van der Waals surface area contributed by atoms with Gasteiger partial charge >= 0.3 is 0 Å². The highest BCUT2D eigenvalue weighted by molar-refractivity contribution is 5.46. The van der Waals surface area contributed by atoms with Gasteiger partial charge < -0.3 is 14.7 Å². The van der Waals surface area contributed by atoms with Crippen molar-refractivity contribution in [2.24, 2.45) is 0 Å². The van der Waals surface area contributed by atoms with Crippen LogP contribution >= 0.6 is 0 Å². The lowest BCUT2D eigenvalue weighted by molar-refractivity contribution is 0.113. The number of benzene rings is 2. The molecule has 0 heterocycles. The first-order valence-corrected chi connectivity index (χ1v) is 6.87. The van der Waals surface area contributed by atoms with E-state index in [0.717, 1.165) is 0 Å². The van der Waals surface area contributed by atoms with E-state index in [2.05, 4.69) is 0 Å². The lowest BCUT2D eigenvalue weighted by Gasteiger charge is -2.23. The second kappa shape index (κ2) is 7.43. The average Bonchev–Trinajstić information content (AvgIpc) is 2.53. The Morgan fingerprint density at radius 1 is 1.23 bits per heavy atom. The number of nitriles is 1. The minimum atomic E-state index is -0.764. The largest absolute Gasteiger partial charge is 0.491 e. The Bertz CT molecular complexity index is 652. The first-order valence-electron chi connectivity index (χ1n) is 6.87. The number of hydrogen-bond acceptors (Lipinski definition) is 4. The minimum Gasteiger partial charge on any atom is -0.491 e. The van der Waals surface area contributed by atoms with Gasteiger partial charge in [0.05, 0.1) is 17.3 Å². The van der Waals surface area contributed by atoms with Crippen LogP contribution in [0.5, 0.6) is 5.75 Å². The molecule has 0 fully saturated rings. The average molecular weight is 300 g/mol. The summed E-state index contributed by atoms with van der Waals surface area (Å²) in [6.07, 6.45) is -0.764. The quantitative estimate of drug-likeness (QED) is 0.891. The normalized spacial score (nSPS) is 11.5. The zero-order valence-corrected chi connectivity index (χ0v) is 12.2. The van der Waals surface area contributed by atoms with Gasteiger partial charge in [-0.15, -0.1) is 0 Å². The predicted octanol–water partition coefficient (Wildman–Crippen LogP) is 2.57. The van der Waals surface area contributed by atoms with Crippen molar-refractivity contribution in [1.29, 1.82) is 5.26 Å². The Morgan fingerprint density at radius 2 is 1.91 bits per heavy atom. The number of ether oxygens (including phenoxy) is 1. The molecule has 0 saturated heterocycles. The van der Waals surface area contributed by atoms with Crippen LogP contribution in [-0.2, 0) is 0 Å². The van der Waals surface area contributed by atoms with Crippen LogP contribution in [-0.4, -0.2) is 31.4 Å². The molecule has 2 aromatic rings. The van der Waals surface area contributed by atoms with Crippen molar-refractivity contribution in [2.45, 2.75) is 6.10 Å². The number of halogens is 1. The Morgan fingerprint density at radius 3 is 2.55 bits per heavy atom. The van der Waals surface area contributed by atoms with Crippen LogP contribution in [0.1, 0.15) is 5.56 Å². The fourth-order valence-electron chi connectivity index (χ4n) is 2.05. The van der Waals surface area contributed by atoms with Gasteiger partial charge in [0.25, 0.3) is 0 Å². The maximum atomic E-state index is 13.6. The van der Waals surface area contributed by atoms with E-state index in [4.69, 9.17) is 10.00 Å². The van der Waals surface area contributed by atoms with Gasteiger partial charge in [-0.1, -0.05) is 12.1 Å². The number of hydrogen-bond donors (Lipinski definition) is 1. The van der Waals surface area contributed by atoms with Crippen molar-refractivity contribution in [1.82, 2.24) is 0 Å². The molecule has 1 unspecified atom stereocenters. The van der Waals surface area contributed by atoms with Crippen LogP contribution in [0.4, 0.5) is 10.1 Å². The summed E-state index contributed by atoms with van der Waals surface area (Å²) in [5, 5.41) is 18.7. The molecule has 0 bridgehead atoms. The molecule has 0 aliphatic heterocycles. The van der Waals surface area contributed by atoms with Crippen molar-refractivity contribution >= 4 is 5.69 Å². The van der Waals surface area contributed by atoms with Crippen molar-refractivity contribution in [3.8, 4) is 11.8 Å². The molecule has 5 heteroatoms. The number of aliphatic hydroxyl groups excluding tert-OH is 1. The summed E-state index contributed by atoms with van der Waals surface area (Å²) in [6.45, 7) is 0.335. The summed E-state index contributed by atoms with van der Waals surface area (Å²) >= 11 is 0. The predicted molar refractivity (Wildman–Crippen MR) is 82.3 cm³/mol. The maximum Gasteiger partial charge on any atom is 0.146 e. The van der Waals surface area contributed by atoms with Gasteiger partial charge in [0.1, 0.15) is 24.3 Å². The summed E-state index contributed by atoms with van der Waals surface area (Å²) in [7, 11) is 1.71. The standard InChI is InChI=1S/C17H17FN2O2/c1-20(17-5-3-2-4-16(17)18)11-14(21)12-22-15-8-6-13(10-19)7-9-15/h2-9,14,21H,11-12H2,1H3. The highest BCUT2D eigenvalue weighted by Gasteiger charge is 2.12. The highest BCUT2D eigenvalue weighted by atomic mass is 19.1. The molecule has 0 aliphatic carbocycles. The number of likely N-dealkylation sites (N-methyl/N-ethyl adjacent to an activating group) is 1. The molecule has 0 amide bonds. The first kappa shape index (κ1) is 15.8. The van der Waals surface area contributed by atoms with Gasteiger partial charge in [-0.05, 0) is 36.4 Å². The molecule has 1 atom stereocenters. The summed E-state index contributed by atoms with van der Waals surface area (Å²) < 4.78 is 19.1. The molecular weight excluding hydrogens is 283 g/mol. The van der Waals surface area contributed by atoms with Crippen LogP contribution < -0.4 is 9.64 Å². The Hall–Kier alpha value is -2.58. The molecule has 0 aliphatic rings. The minimum absolute atomic E-state index is 0.0880. The summed E-state index contributed by atoms with van der Waals surface area (Å²) in [6, 6.07) is 15.1. The molecule has 2 aromatic carbocycles. The number of aliphatic hydroxyl groups is 1. The van der Waals surface area contributed by atoms with Crippen LogP contribution in [0.25, 0.3) is 0 Å². The fourth-order valence-corrected chi connectivity index (χ4v) is 2.05. The lowest BCUT2D eigenvalue weighted by atomic mass is 10.2. The zero-order valence-electron chi connectivity index (χ0n) is 12.2. The topological polar surface area (TPSA) is 56.5 Å². The van der Waals surface area contributed by atoms with Crippen LogP contribution in [0.2, 0.25) is 0 Å². The van der Waals surface area contributed by atoms with Crippen LogP contribution in [0, 0.1) is 17.1 Å². The maximum absolute atomic E-state index is 13.6. The van der Waals surface area contributed by atoms with Gasteiger partial charge in [0, 0.05) is 13.6 Å². The Labute approximate surface area is 129 Å². The van der Waals surface area contributed by atoms with Gasteiger partial charge in [0.2, 0.25) is 0 Å². The molecule has 0 saturated carbocycles. The molecule has 4 nitrogen and oxygen atoms in total. The van der Waals surface area contributed by atoms with Crippen molar-refractivity contribution < 1.29 is 14.2 Å². The Kier molecular flexibility index (Phi) is 5.34. The van der Waals surface area contributed by atoms with E-state index >= 15 is 0 Å². The van der Waals surface area contributed by atoms with Crippen molar-refractivity contribution in [2.75, 3.05) is 25.1 Å². The van der Waals surface area contributed by atoms with E-state index in [1.54, 1.807) is 54.4 Å². The van der Waals surface area contributed by atoms with E-state index in [0.29, 0.717) is 17.0 Å². The third-order valence-corrected chi connectivity index (χ3v) is 3.17. The third kappa shape index (κ3) is 4.21. The second-order valence-corrected chi connectivity index (χ2v) is 4.93. The van der Waals surface area contributed by atoms with E-state index < -0.39 is 6.10 Å². The summed E-state index contributed by atoms with van der Waals surface area (Å²) in [5.74, 6) is 0.247. The van der Waals surface area contributed by atoms with E-state index in [1.807, 2.05) is 6.07 Å². The van der Waals surface area contributed by atoms with Crippen LogP contribution in [0.15, 0.2) is 48.5 Å². The molecule has 0 spiro atoms. The molecule has 1 N–H and O–H groups in total. The van der Waals surface area contributed by atoms with Gasteiger partial charge in [-0.3, -0.25) is 0 Å². The molecule has 0 radical (unpaired) electrons. The molecule has 0 aromatic heterocycles. The van der Waals surface area contributed by atoms with Gasteiger partial charge in [-0.2, -0.15) is 5.26 Å². The smallest absolute Gasteiger partial charge is 0.146 e. The van der Waals surface area contributed by atoms with Gasteiger partial charge in [0.15, 0.2) is 0 Å². The van der Waals surface area contributed by atoms with Crippen LogP contribution in [0.3, 0.4) is 0 Å². The number of nitrogens with zero attached hydrogens (tertiary/aromatic N) is 2. The van der Waals surface area contributed by atoms with Crippen molar-refractivity contribution in [3.63, 3.8) is 0 Å². The number of para-hydroxylation sites is 1. The molecule has 2 rings (SSSR count). The third-order valence-electron chi connectivity index (χ3n) is 3.17. The van der Waals surface area contributed by atoms with E-state index in [1.165, 1.54) is 6.07 Å². The zero-order chi connectivity index (χ0) is 15.9. The highest BCUT2D eigenvalue weighted by Crippen LogP contribution is 2.17. The summed E-state index contributed by atoms with van der Waals surface area (Å²) in [5.41, 5.74) is 0.979. The molecule has 114 valence electrons.